The van der Waals surface area contributed by atoms with Gasteiger partial charge in [0.1, 0.15) is 0 Å². The van der Waals surface area contributed by atoms with Gasteiger partial charge in [-0.1, -0.05) is 19.3 Å². The summed E-state index contributed by atoms with van der Waals surface area (Å²) in [6.45, 7) is 0. The van der Waals surface area contributed by atoms with Crippen LogP contribution in [-0.4, -0.2) is 12.2 Å². The van der Waals surface area contributed by atoms with Gasteiger partial charge >= 0.3 is 6.18 Å². The average Bonchev–Trinajstić information content (AvgIpc) is 2.22. The molecule has 0 spiro atoms. The molecular weight excluding hydrogens is 229 g/mol. The minimum Gasteiger partial charge on any atom is -0.271 e. The van der Waals surface area contributed by atoms with E-state index in [9.17, 15) is 13.2 Å². The van der Waals surface area contributed by atoms with E-state index in [0.29, 0.717) is 18.8 Å². The number of nitrogens with one attached hydrogen (secondary N) is 1. The van der Waals surface area contributed by atoms with Crippen molar-refractivity contribution >= 4 is 0 Å². The minimum absolute atomic E-state index is 0.143. The van der Waals surface area contributed by atoms with Gasteiger partial charge in [0.25, 0.3) is 0 Å². The molecule has 0 heterocycles. The number of rotatable bonds is 3. The molecule has 0 bridgehead atoms. The SMILES string of the molecule is NNC(C1CCC1)C1CCCCC1C(F)(F)F. The first-order chi connectivity index (χ1) is 8.04. The summed E-state index contributed by atoms with van der Waals surface area (Å²) in [5.41, 5.74) is 2.68. The van der Waals surface area contributed by atoms with Crippen LogP contribution < -0.4 is 11.3 Å². The quantitative estimate of drug-likeness (QED) is 0.597. The highest BCUT2D eigenvalue weighted by Crippen LogP contribution is 2.46. The van der Waals surface area contributed by atoms with Crippen molar-refractivity contribution < 1.29 is 13.2 Å². The van der Waals surface area contributed by atoms with Gasteiger partial charge in [-0.3, -0.25) is 11.3 Å². The second kappa shape index (κ2) is 5.14. The van der Waals surface area contributed by atoms with E-state index in [2.05, 4.69) is 5.43 Å². The predicted octanol–water partition coefficient (Wildman–Crippen LogP) is 2.99. The van der Waals surface area contributed by atoms with E-state index in [1.54, 1.807) is 0 Å². The van der Waals surface area contributed by atoms with Crippen LogP contribution >= 0.6 is 0 Å². The zero-order chi connectivity index (χ0) is 12.5. The summed E-state index contributed by atoms with van der Waals surface area (Å²) in [7, 11) is 0. The molecule has 3 atom stereocenters. The van der Waals surface area contributed by atoms with Crippen LogP contribution in [0.3, 0.4) is 0 Å². The van der Waals surface area contributed by atoms with E-state index in [0.717, 1.165) is 25.7 Å². The van der Waals surface area contributed by atoms with Crippen molar-refractivity contribution in [3.05, 3.63) is 0 Å². The van der Waals surface area contributed by atoms with E-state index in [4.69, 9.17) is 5.84 Å². The largest absolute Gasteiger partial charge is 0.392 e. The molecule has 3 unspecified atom stereocenters. The van der Waals surface area contributed by atoms with Crippen LogP contribution in [0.4, 0.5) is 13.2 Å². The van der Waals surface area contributed by atoms with Gasteiger partial charge in [-0.2, -0.15) is 13.2 Å². The molecule has 0 aromatic rings. The number of hydrazine groups is 1. The van der Waals surface area contributed by atoms with E-state index in [1.165, 1.54) is 0 Å². The standard InChI is InChI=1S/C12H21F3N2/c13-12(14,15)10-7-2-1-6-9(10)11(17-16)8-4-3-5-8/h8-11,17H,1-7,16H2. The summed E-state index contributed by atoms with van der Waals surface area (Å²) in [4.78, 5) is 0. The highest BCUT2D eigenvalue weighted by molar-refractivity contribution is 4.93. The molecule has 5 heteroatoms. The number of nitrogens with two attached hydrogens (primary N) is 1. The van der Waals surface area contributed by atoms with Gasteiger partial charge in [0, 0.05) is 6.04 Å². The van der Waals surface area contributed by atoms with Crippen LogP contribution in [0.2, 0.25) is 0 Å². The molecule has 17 heavy (non-hydrogen) atoms. The molecule has 2 fully saturated rings. The maximum Gasteiger partial charge on any atom is 0.392 e. The number of alkyl halides is 3. The molecule has 0 aromatic heterocycles. The van der Waals surface area contributed by atoms with Gasteiger partial charge in [0.15, 0.2) is 0 Å². The lowest BCUT2D eigenvalue weighted by molar-refractivity contribution is -0.201. The lowest BCUT2D eigenvalue weighted by atomic mass is 9.67. The van der Waals surface area contributed by atoms with Crippen molar-refractivity contribution in [2.75, 3.05) is 0 Å². The van der Waals surface area contributed by atoms with Crippen molar-refractivity contribution in [3.63, 3.8) is 0 Å². The summed E-state index contributed by atoms with van der Waals surface area (Å²) in [5.74, 6) is 4.38. The van der Waals surface area contributed by atoms with Gasteiger partial charge in [0.2, 0.25) is 0 Å². The summed E-state index contributed by atoms with van der Waals surface area (Å²) in [6.07, 6.45) is 1.65. The first-order valence-electron chi connectivity index (χ1n) is 6.57. The second-order valence-electron chi connectivity index (χ2n) is 5.48. The first kappa shape index (κ1) is 13.1. The molecule has 0 aliphatic heterocycles. The fraction of sp³-hybridized carbons (Fsp3) is 1.00. The molecular formula is C12H21F3N2. The van der Waals surface area contributed by atoms with E-state index in [1.807, 2.05) is 0 Å². The van der Waals surface area contributed by atoms with Gasteiger partial charge in [-0.05, 0) is 37.5 Å². The van der Waals surface area contributed by atoms with Crippen molar-refractivity contribution in [2.24, 2.45) is 23.6 Å². The Hall–Kier alpha value is -0.290. The Bertz CT molecular complexity index is 251. The van der Waals surface area contributed by atoms with Crippen LogP contribution in [-0.2, 0) is 0 Å². The predicted molar refractivity (Wildman–Crippen MR) is 60.0 cm³/mol. The molecule has 3 N–H and O–H groups in total. The molecule has 2 aliphatic rings. The maximum atomic E-state index is 13.0. The monoisotopic (exact) mass is 250 g/mol. The Labute approximate surface area is 100 Å². The Morgan fingerprint density at radius 1 is 1.00 bits per heavy atom. The van der Waals surface area contributed by atoms with Crippen LogP contribution in [0.25, 0.3) is 0 Å². The smallest absolute Gasteiger partial charge is 0.271 e. The molecule has 0 saturated heterocycles. The molecule has 2 saturated carbocycles. The molecule has 100 valence electrons. The molecule has 0 radical (unpaired) electrons. The summed E-state index contributed by atoms with van der Waals surface area (Å²) in [5, 5.41) is 0. The Morgan fingerprint density at radius 2 is 1.65 bits per heavy atom. The Balaban J connectivity index is 2.08. The van der Waals surface area contributed by atoms with E-state index >= 15 is 0 Å². The zero-order valence-corrected chi connectivity index (χ0v) is 9.97. The lowest BCUT2D eigenvalue weighted by Crippen LogP contribution is -2.53. The fourth-order valence-electron chi connectivity index (χ4n) is 3.40. The van der Waals surface area contributed by atoms with Crippen molar-refractivity contribution in [1.29, 1.82) is 0 Å². The maximum absolute atomic E-state index is 13.0. The van der Waals surface area contributed by atoms with Crippen LogP contribution in [0.5, 0.6) is 0 Å². The molecule has 2 rings (SSSR count). The molecule has 0 aromatic carbocycles. The normalized spacial score (nSPS) is 33.2. The van der Waals surface area contributed by atoms with Gasteiger partial charge in [-0.15, -0.1) is 0 Å². The summed E-state index contributed by atoms with van der Waals surface area (Å²) in [6, 6.07) is -0.143. The summed E-state index contributed by atoms with van der Waals surface area (Å²) >= 11 is 0. The zero-order valence-electron chi connectivity index (χ0n) is 9.97. The number of halogens is 3. The third-order valence-corrected chi connectivity index (χ3v) is 4.55. The fourth-order valence-corrected chi connectivity index (χ4v) is 3.40. The topological polar surface area (TPSA) is 38.0 Å². The lowest BCUT2D eigenvalue weighted by Gasteiger charge is -2.43. The van der Waals surface area contributed by atoms with Crippen LogP contribution in [0, 0.1) is 17.8 Å². The molecule has 2 nitrogen and oxygen atoms in total. The van der Waals surface area contributed by atoms with Crippen molar-refractivity contribution in [2.45, 2.75) is 57.2 Å². The van der Waals surface area contributed by atoms with Gasteiger partial charge in [-0.25, -0.2) is 0 Å². The highest BCUT2D eigenvalue weighted by Gasteiger charge is 2.49. The van der Waals surface area contributed by atoms with Crippen molar-refractivity contribution in [1.82, 2.24) is 5.43 Å². The third kappa shape index (κ3) is 2.76. The second-order valence-corrected chi connectivity index (χ2v) is 5.48. The van der Waals surface area contributed by atoms with Crippen LogP contribution in [0.1, 0.15) is 44.9 Å². The molecule has 2 aliphatic carbocycles. The Morgan fingerprint density at radius 3 is 2.12 bits per heavy atom. The van der Waals surface area contributed by atoms with Gasteiger partial charge in [0.05, 0.1) is 5.92 Å². The van der Waals surface area contributed by atoms with Gasteiger partial charge < -0.3 is 0 Å². The van der Waals surface area contributed by atoms with Crippen molar-refractivity contribution in [3.8, 4) is 0 Å². The number of hydrogen-bond acceptors (Lipinski definition) is 2. The average molecular weight is 250 g/mol. The highest BCUT2D eigenvalue weighted by atomic mass is 19.4. The minimum atomic E-state index is -4.07. The molecule has 0 amide bonds. The summed E-state index contributed by atoms with van der Waals surface area (Å²) < 4.78 is 39.0. The Kier molecular flexibility index (Phi) is 3.98. The van der Waals surface area contributed by atoms with Crippen LogP contribution in [0.15, 0.2) is 0 Å². The third-order valence-electron chi connectivity index (χ3n) is 4.55. The number of hydrogen-bond donors (Lipinski definition) is 2. The van der Waals surface area contributed by atoms with E-state index in [-0.39, 0.29) is 18.4 Å². The van der Waals surface area contributed by atoms with E-state index < -0.39 is 12.1 Å². The first-order valence-corrected chi connectivity index (χ1v) is 6.57.